The summed E-state index contributed by atoms with van der Waals surface area (Å²) in [5, 5.41) is 0. The zero-order valence-electron chi connectivity index (χ0n) is 13.4. The normalized spacial score (nSPS) is 41.1. The highest BCUT2D eigenvalue weighted by Gasteiger charge is 2.53. The van der Waals surface area contributed by atoms with Gasteiger partial charge in [0.05, 0.1) is 0 Å². The second-order valence-corrected chi connectivity index (χ2v) is 22.6. The summed E-state index contributed by atoms with van der Waals surface area (Å²) in [6, 6.07) is 0. The average molecular weight is 375 g/mol. The van der Waals surface area contributed by atoms with Crippen LogP contribution >= 0.6 is 0 Å². The molecule has 1 aliphatic rings. The van der Waals surface area contributed by atoms with Gasteiger partial charge in [-0.1, -0.05) is 0 Å². The van der Waals surface area contributed by atoms with E-state index in [-0.39, 0.29) is 0 Å². The molecule has 0 aromatic carbocycles. The van der Waals surface area contributed by atoms with E-state index in [9.17, 15) is 9.59 Å². The van der Waals surface area contributed by atoms with Gasteiger partial charge in [-0.05, 0) is 39.3 Å². The van der Waals surface area contributed by atoms with E-state index in [0.717, 1.165) is 0 Å². The Kier molecular flexibility index (Phi) is 5.15. The Labute approximate surface area is 126 Å². The van der Waals surface area contributed by atoms with Crippen LogP contribution in [0.5, 0.6) is 0 Å². The first-order valence-corrected chi connectivity index (χ1v) is 19.5. The lowest BCUT2D eigenvalue weighted by atomic mass is 11.9. The van der Waals surface area contributed by atoms with Crippen molar-refractivity contribution in [3.63, 3.8) is 0 Å². The maximum atomic E-state index is 10.4. The lowest BCUT2D eigenvalue weighted by molar-refractivity contribution is 0.157. The molecule has 2 atom stereocenters. The molecule has 0 amide bonds. The van der Waals surface area contributed by atoms with Crippen LogP contribution in [0.25, 0.3) is 0 Å². The molecule has 7 nitrogen and oxygen atoms in total. The van der Waals surface area contributed by atoms with Crippen molar-refractivity contribution in [2.75, 3.05) is 0 Å². The predicted molar refractivity (Wildman–Crippen MR) is 85.5 cm³/mol. The average Bonchev–Trinajstić information content (AvgIpc) is 1.84. The summed E-state index contributed by atoms with van der Waals surface area (Å²) in [4.78, 5) is 20.8. The van der Waals surface area contributed by atoms with E-state index in [1.807, 2.05) is 26.2 Å². The van der Waals surface area contributed by atoms with Crippen molar-refractivity contribution in [1.82, 2.24) is 0 Å². The Morgan fingerprint density at radius 3 is 0.900 bits per heavy atom. The monoisotopic (exact) mass is 374 g/mol. The van der Waals surface area contributed by atoms with Crippen LogP contribution in [0, 0.1) is 0 Å². The van der Waals surface area contributed by atoms with Crippen molar-refractivity contribution < 1.29 is 30.2 Å². The van der Waals surface area contributed by atoms with E-state index in [2.05, 4.69) is 0 Å². The number of rotatable bonds is 0. The minimum Gasteiger partial charge on any atom is -0.416 e. The lowest BCUT2D eigenvalue weighted by Gasteiger charge is -2.44. The third kappa shape index (κ3) is 6.28. The number of hydrogen-bond acceptors (Lipinski definition) is 7. The highest BCUT2D eigenvalue weighted by atomic mass is 28.5. The maximum Gasteiger partial charge on any atom is 0.477 e. The van der Waals surface area contributed by atoms with Gasteiger partial charge in [-0.2, -0.15) is 0 Å². The van der Waals surface area contributed by atoms with Gasteiger partial charge in [0.15, 0.2) is 0 Å². The maximum absolute atomic E-state index is 10.4. The molecule has 1 rings (SSSR count). The molecular weight excluding hydrogens is 349 g/mol. The van der Waals surface area contributed by atoms with E-state index in [4.69, 9.17) is 20.6 Å². The number of hydrogen-bond donors (Lipinski definition) is 2. The first kappa shape index (κ1) is 18.9. The van der Waals surface area contributed by atoms with Crippen molar-refractivity contribution in [3.8, 4) is 0 Å². The Morgan fingerprint density at radius 1 is 0.450 bits per heavy atom. The highest BCUT2D eigenvalue weighted by Crippen LogP contribution is 2.28. The molecule has 12 heteroatoms. The largest absolute Gasteiger partial charge is 0.477 e. The molecule has 0 radical (unpaired) electrons. The van der Waals surface area contributed by atoms with Gasteiger partial charge in [0.25, 0.3) is 0 Å². The lowest BCUT2D eigenvalue weighted by Crippen LogP contribution is -2.65. The molecule has 1 fully saturated rings. The van der Waals surface area contributed by atoms with Gasteiger partial charge >= 0.3 is 43.3 Å². The van der Waals surface area contributed by atoms with Crippen LogP contribution < -0.4 is 0 Å². The molecule has 2 N–H and O–H groups in total. The van der Waals surface area contributed by atoms with Gasteiger partial charge in [-0.15, -0.1) is 0 Å². The van der Waals surface area contributed by atoms with Crippen molar-refractivity contribution >= 4 is 43.3 Å². The summed E-state index contributed by atoms with van der Waals surface area (Å²) in [6.45, 7) is 14.0. The molecule has 1 saturated heterocycles. The van der Waals surface area contributed by atoms with Gasteiger partial charge in [0.1, 0.15) is 0 Å². The van der Waals surface area contributed by atoms with Gasteiger partial charge in [-0.3, -0.25) is 0 Å². The summed E-state index contributed by atoms with van der Waals surface area (Å²) in [5.41, 5.74) is 0. The third-order valence-corrected chi connectivity index (χ3v) is 20.1. The minimum absolute atomic E-state index is 1.55. The topological polar surface area (TPSA) is 86.6 Å². The molecule has 0 saturated carbocycles. The fourth-order valence-electron chi connectivity index (χ4n) is 2.52. The van der Waals surface area contributed by atoms with Crippen LogP contribution in [0.1, 0.15) is 0 Å². The predicted octanol–water partition coefficient (Wildman–Crippen LogP) is 1.31. The van der Waals surface area contributed by atoms with Crippen molar-refractivity contribution in [2.24, 2.45) is 0 Å². The van der Waals surface area contributed by atoms with Crippen LogP contribution in [-0.2, 0) is 20.6 Å². The van der Waals surface area contributed by atoms with Crippen molar-refractivity contribution in [1.29, 1.82) is 0 Å². The molecule has 2 unspecified atom stereocenters. The van der Waals surface area contributed by atoms with Gasteiger partial charge < -0.3 is 30.2 Å². The van der Waals surface area contributed by atoms with Crippen LogP contribution in [-0.4, -0.2) is 52.9 Å². The quantitative estimate of drug-likeness (QED) is 0.618. The highest BCUT2D eigenvalue weighted by molar-refractivity contribution is 6.90. The second kappa shape index (κ2) is 5.46. The standard InChI is InChI=1S/C8H26O7Si5/c1-16(2)11-17(3,4)13-20(8,10)15-18(5,6)14-19(7,9)12-16/h9-10H,1-8H3. The molecule has 0 spiro atoms. The fourth-order valence-corrected chi connectivity index (χ4v) is 24.6. The molecule has 20 heavy (non-hydrogen) atoms. The SMILES string of the molecule is C[Si]1(C)O[Si](C)(C)O[Si](C)(O)O[Si](C)(C)O[Si](C)(O)O1. The van der Waals surface area contributed by atoms with Crippen LogP contribution in [0.15, 0.2) is 0 Å². The summed E-state index contributed by atoms with van der Waals surface area (Å²) >= 11 is 0. The molecule has 0 aromatic heterocycles. The Balaban J connectivity index is 3.15. The van der Waals surface area contributed by atoms with E-state index in [0.29, 0.717) is 0 Å². The molecule has 0 aromatic rings. The molecule has 0 aliphatic carbocycles. The fraction of sp³-hybridized carbons (Fsp3) is 1.00. The Hall–Kier alpha value is 0.804. The molecule has 0 bridgehead atoms. The molecule has 120 valence electrons. The zero-order valence-corrected chi connectivity index (χ0v) is 18.4. The third-order valence-electron chi connectivity index (χ3n) is 2.23. The summed E-state index contributed by atoms with van der Waals surface area (Å²) in [5.74, 6) is 0. The van der Waals surface area contributed by atoms with E-state index < -0.39 is 43.3 Å². The summed E-state index contributed by atoms with van der Waals surface area (Å²) < 4.78 is 28.9. The van der Waals surface area contributed by atoms with Gasteiger partial charge in [-0.25, -0.2) is 0 Å². The van der Waals surface area contributed by atoms with Crippen molar-refractivity contribution in [3.05, 3.63) is 0 Å². The second-order valence-electron chi connectivity index (χ2n) is 6.51. The minimum atomic E-state index is -3.37. The molecule has 1 heterocycles. The summed E-state index contributed by atoms with van der Waals surface area (Å²) in [7, 11) is -14.8. The molecular formula is C8H26O7Si5. The van der Waals surface area contributed by atoms with E-state index in [1.54, 1.807) is 26.2 Å². The first-order valence-electron chi connectivity index (χ1n) is 6.49. The summed E-state index contributed by atoms with van der Waals surface area (Å²) in [6.07, 6.45) is 0. The van der Waals surface area contributed by atoms with Crippen LogP contribution in [0.2, 0.25) is 52.4 Å². The van der Waals surface area contributed by atoms with E-state index in [1.165, 1.54) is 0 Å². The van der Waals surface area contributed by atoms with E-state index >= 15 is 0 Å². The first-order chi connectivity index (χ1) is 8.54. The van der Waals surface area contributed by atoms with Gasteiger partial charge in [0, 0.05) is 13.1 Å². The Morgan fingerprint density at radius 2 is 0.650 bits per heavy atom. The van der Waals surface area contributed by atoms with Gasteiger partial charge in [0.2, 0.25) is 0 Å². The van der Waals surface area contributed by atoms with Crippen LogP contribution in [0.3, 0.4) is 0 Å². The van der Waals surface area contributed by atoms with Crippen LogP contribution in [0.4, 0.5) is 0 Å². The smallest absolute Gasteiger partial charge is 0.416 e. The Bertz CT molecular complexity index is 269. The zero-order chi connectivity index (χ0) is 16.0. The molecule has 1 aliphatic heterocycles. The van der Waals surface area contributed by atoms with Crippen molar-refractivity contribution in [2.45, 2.75) is 52.4 Å².